The molecule has 0 aliphatic carbocycles. The van der Waals surface area contributed by atoms with E-state index in [0.29, 0.717) is 19.5 Å². The van der Waals surface area contributed by atoms with Gasteiger partial charge >= 0.3 is 0 Å². The molecule has 1 amide bonds. The molecule has 0 N–H and O–H groups in total. The highest BCUT2D eigenvalue weighted by atomic mass is 16.2. The molecule has 1 aliphatic heterocycles. The van der Waals surface area contributed by atoms with E-state index in [-0.39, 0.29) is 17.9 Å². The summed E-state index contributed by atoms with van der Waals surface area (Å²) in [6.45, 7) is 1.39. The van der Waals surface area contributed by atoms with Crippen LogP contribution in [0, 0.1) is 18.3 Å². The van der Waals surface area contributed by atoms with Crippen molar-refractivity contribution in [2.24, 2.45) is 5.92 Å². The molecule has 19 heavy (non-hydrogen) atoms. The van der Waals surface area contributed by atoms with Crippen molar-refractivity contribution in [1.29, 1.82) is 0 Å². The number of likely N-dealkylation sites (N-methyl/N-ethyl adjacent to an activating group) is 1. The zero-order valence-corrected chi connectivity index (χ0v) is 11.5. The fourth-order valence-electron chi connectivity index (χ4n) is 2.51. The lowest BCUT2D eigenvalue weighted by molar-refractivity contribution is -0.128. The molecule has 1 heterocycles. The molecule has 2 rings (SSSR count). The number of hydrogen-bond donors (Lipinski definition) is 0. The van der Waals surface area contributed by atoms with E-state index in [1.54, 1.807) is 0 Å². The molecule has 3 heteroatoms. The highest BCUT2D eigenvalue weighted by molar-refractivity contribution is 5.79. The predicted octanol–water partition coefficient (Wildman–Crippen LogP) is 1.77. The Morgan fingerprint density at radius 3 is 2.63 bits per heavy atom. The standard InChI is InChI=1S/C16H20N2O/c1-4-13-10-16(19)18(11-13)12-15(17(2)3)14-8-6-5-7-9-14/h1,5-9,13,15H,10-12H2,2-3H3. The van der Waals surface area contributed by atoms with Gasteiger partial charge in [-0.1, -0.05) is 30.3 Å². The quantitative estimate of drug-likeness (QED) is 0.767. The number of likely N-dealkylation sites (tertiary alicyclic amines) is 1. The van der Waals surface area contributed by atoms with Crippen molar-refractivity contribution in [3.63, 3.8) is 0 Å². The lowest BCUT2D eigenvalue weighted by atomic mass is 10.1. The molecule has 1 saturated heterocycles. The zero-order valence-electron chi connectivity index (χ0n) is 11.5. The van der Waals surface area contributed by atoms with Gasteiger partial charge in [-0.2, -0.15) is 0 Å². The second-order valence-electron chi connectivity index (χ2n) is 5.26. The van der Waals surface area contributed by atoms with Crippen LogP contribution in [0.4, 0.5) is 0 Å². The molecular weight excluding hydrogens is 236 g/mol. The van der Waals surface area contributed by atoms with Gasteiger partial charge in [0, 0.05) is 25.4 Å². The lowest BCUT2D eigenvalue weighted by Crippen LogP contribution is -2.35. The predicted molar refractivity (Wildman–Crippen MR) is 76.4 cm³/mol. The highest BCUT2D eigenvalue weighted by Crippen LogP contribution is 2.24. The minimum Gasteiger partial charge on any atom is -0.339 e. The molecule has 100 valence electrons. The van der Waals surface area contributed by atoms with Crippen LogP contribution in [0.5, 0.6) is 0 Å². The summed E-state index contributed by atoms with van der Waals surface area (Å²) in [6.07, 6.45) is 5.91. The van der Waals surface area contributed by atoms with E-state index in [4.69, 9.17) is 6.42 Å². The van der Waals surface area contributed by atoms with E-state index in [1.807, 2.05) is 37.2 Å². The van der Waals surface area contributed by atoms with Gasteiger partial charge in [-0.05, 0) is 19.7 Å². The van der Waals surface area contributed by atoms with Gasteiger partial charge in [0.1, 0.15) is 0 Å². The van der Waals surface area contributed by atoms with Gasteiger partial charge in [-0.15, -0.1) is 12.3 Å². The van der Waals surface area contributed by atoms with Crippen molar-refractivity contribution < 1.29 is 4.79 Å². The van der Waals surface area contributed by atoms with Crippen molar-refractivity contribution in [2.45, 2.75) is 12.5 Å². The summed E-state index contributed by atoms with van der Waals surface area (Å²) in [4.78, 5) is 16.0. The number of carbonyl (C=O) groups is 1. The summed E-state index contributed by atoms with van der Waals surface area (Å²) in [7, 11) is 4.08. The summed E-state index contributed by atoms with van der Waals surface area (Å²) < 4.78 is 0. The minimum absolute atomic E-state index is 0.0751. The van der Waals surface area contributed by atoms with Crippen molar-refractivity contribution >= 4 is 5.91 Å². The van der Waals surface area contributed by atoms with Crippen LogP contribution >= 0.6 is 0 Å². The SMILES string of the molecule is C#CC1CC(=O)N(CC(c2ccccc2)N(C)C)C1. The summed E-state index contributed by atoms with van der Waals surface area (Å²) in [5.41, 5.74) is 1.23. The van der Waals surface area contributed by atoms with E-state index in [1.165, 1.54) is 5.56 Å². The minimum atomic E-state index is 0.0751. The third-order valence-electron chi connectivity index (χ3n) is 3.65. The summed E-state index contributed by atoms with van der Waals surface area (Å²) in [5, 5.41) is 0. The van der Waals surface area contributed by atoms with Crippen LogP contribution in [0.3, 0.4) is 0 Å². The van der Waals surface area contributed by atoms with Crippen molar-refractivity contribution in [1.82, 2.24) is 9.80 Å². The van der Waals surface area contributed by atoms with Crippen LogP contribution in [0.15, 0.2) is 30.3 Å². The Hall–Kier alpha value is -1.79. The molecule has 3 nitrogen and oxygen atoms in total. The summed E-state index contributed by atoms with van der Waals surface area (Å²) >= 11 is 0. The summed E-state index contributed by atoms with van der Waals surface area (Å²) in [6, 6.07) is 10.5. The largest absolute Gasteiger partial charge is 0.339 e. The van der Waals surface area contributed by atoms with Crippen LogP contribution in [0.2, 0.25) is 0 Å². The van der Waals surface area contributed by atoms with E-state index in [9.17, 15) is 4.79 Å². The first-order valence-corrected chi connectivity index (χ1v) is 6.57. The van der Waals surface area contributed by atoms with E-state index >= 15 is 0 Å². The lowest BCUT2D eigenvalue weighted by Gasteiger charge is -2.29. The van der Waals surface area contributed by atoms with Gasteiger partial charge in [-0.25, -0.2) is 0 Å². The Kier molecular flexibility index (Phi) is 4.24. The molecule has 0 aromatic heterocycles. The Balaban J connectivity index is 2.11. The normalized spacial score (nSPS) is 20.6. The van der Waals surface area contributed by atoms with Gasteiger partial charge in [0.2, 0.25) is 5.91 Å². The highest BCUT2D eigenvalue weighted by Gasteiger charge is 2.30. The van der Waals surface area contributed by atoms with Crippen LogP contribution < -0.4 is 0 Å². The molecule has 0 radical (unpaired) electrons. The van der Waals surface area contributed by atoms with Crippen molar-refractivity contribution in [2.75, 3.05) is 27.2 Å². The number of benzene rings is 1. The average Bonchev–Trinajstić information content (AvgIpc) is 2.77. The second kappa shape index (κ2) is 5.90. The fourth-order valence-corrected chi connectivity index (χ4v) is 2.51. The van der Waals surface area contributed by atoms with E-state index in [2.05, 4.69) is 23.0 Å². The molecule has 2 unspecified atom stereocenters. The molecule has 1 aromatic carbocycles. The first kappa shape index (κ1) is 13.6. The Labute approximate surface area is 115 Å². The van der Waals surface area contributed by atoms with Crippen LogP contribution in [-0.2, 0) is 4.79 Å². The Bertz CT molecular complexity index is 475. The fraction of sp³-hybridized carbons (Fsp3) is 0.438. The van der Waals surface area contributed by atoms with Crippen LogP contribution in [0.1, 0.15) is 18.0 Å². The first-order chi connectivity index (χ1) is 9.11. The number of amides is 1. The number of hydrogen-bond acceptors (Lipinski definition) is 2. The van der Waals surface area contributed by atoms with Gasteiger partial charge in [0.15, 0.2) is 0 Å². The Morgan fingerprint density at radius 2 is 2.11 bits per heavy atom. The Morgan fingerprint density at radius 1 is 1.42 bits per heavy atom. The molecule has 1 aliphatic rings. The second-order valence-corrected chi connectivity index (χ2v) is 5.26. The molecule has 0 spiro atoms. The van der Waals surface area contributed by atoms with Gasteiger partial charge in [-0.3, -0.25) is 4.79 Å². The molecule has 2 atom stereocenters. The van der Waals surface area contributed by atoms with E-state index < -0.39 is 0 Å². The monoisotopic (exact) mass is 256 g/mol. The number of carbonyl (C=O) groups excluding carboxylic acids is 1. The summed E-state index contributed by atoms with van der Waals surface area (Å²) in [5.74, 6) is 2.94. The third-order valence-corrected chi connectivity index (χ3v) is 3.65. The molecule has 0 bridgehead atoms. The number of terminal acetylenes is 1. The van der Waals surface area contributed by atoms with Crippen molar-refractivity contribution in [3.05, 3.63) is 35.9 Å². The maximum absolute atomic E-state index is 11.9. The third kappa shape index (κ3) is 3.15. The maximum Gasteiger partial charge on any atom is 0.223 e. The van der Waals surface area contributed by atoms with Gasteiger partial charge < -0.3 is 9.80 Å². The molecule has 0 saturated carbocycles. The van der Waals surface area contributed by atoms with E-state index in [0.717, 1.165) is 0 Å². The average molecular weight is 256 g/mol. The van der Waals surface area contributed by atoms with Gasteiger partial charge in [0.05, 0.1) is 6.04 Å². The van der Waals surface area contributed by atoms with Gasteiger partial charge in [0.25, 0.3) is 0 Å². The smallest absolute Gasteiger partial charge is 0.223 e. The first-order valence-electron chi connectivity index (χ1n) is 6.57. The van der Waals surface area contributed by atoms with Crippen molar-refractivity contribution in [3.8, 4) is 12.3 Å². The van der Waals surface area contributed by atoms with Crippen LogP contribution in [0.25, 0.3) is 0 Å². The zero-order chi connectivity index (χ0) is 13.8. The molecule has 1 aromatic rings. The maximum atomic E-state index is 11.9. The molecular formula is C16H20N2O. The molecule has 1 fully saturated rings. The van der Waals surface area contributed by atoms with Crippen LogP contribution in [-0.4, -0.2) is 42.9 Å². The number of nitrogens with zero attached hydrogens (tertiary/aromatic N) is 2. The topological polar surface area (TPSA) is 23.6 Å². The number of rotatable bonds is 4.